The van der Waals surface area contributed by atoms with Gasteiger partial charge in [0.25, 0.3) is 0 Å². The summed E-state index contributed by atoms with van der Waals surface area (Å²) in [5.74, 6) is 0. The maximum Gasteiger partial charge on any atom is 0.175 e. The summed E-state index contributed by atoms with van der Waals surface area (Å²) in [7, 11) is 1.48. The van der Waals surface area contributed by atoms with Crippen LogP contribution in [-0.4, -0.2) is 33.7 Å². The van der Waals surface area contributed by atoms with Crippen molar-refractivity contribution in [3.8, 4) is 0 Å². The van der Waals surface area contributed by atoms with Crippen LogP contribution in [-0.2, 0) is 0 Å². The highest BCUT2D eigenvalue weighted by Gasteiger charge is 2.21. The molecule has 0 saturated heterocycles. The van der Waals surface area contributed by atoms with Crippen molar-refractivity contribution in [2.24, 2.45) is 0 Å². The second kappa shape index (κ2) is 4.11. The van der Waals surface area contributed by atoms with Crippen LogP contribution in [0.25, 0.3) is 0 Å². The van der Waals surface area contributed by atoms with Crippen LogP contribution in [0.15, 0.2) is 0 Å². The van der Waals surface area contributed by atoms with Gasteiger partial charge >= 0.3 is 0 Å². The van der Waals surface area contributed by atoms with E-state index in [9.17, 15) is 0 Å². The van der Waals surface area contributed by atoms with E-state index >= 15 is 0 Å². The van der Waals surface area contributed by atoms with Crippen LogP contribution in [0.3, 0.4) is 0 Å². The van der Waals surface area contributed by atoms with Gasteiger partial charge in [0.1, 0.15) is 12.7 Å². The maximum atomic E-state index is 5.64. The molecule has 0 aromatic carbocycles. The van der Waals surface area contributed by atoms with Crippen molar-refractivity contribution in [1.29, 1.82) is 0 Å². The zero-order valence-corrected chi connectivity index (χ0v) is 10.3. The molecular formula is C5H13Cl2NSi2. The number of rotatable bonds is 3. The first kappa shape index (κ1) is 11.0. The SMILES string of the molecule is CN([Si]C(Cl)Cl)[Si](C)(C)C. The molecule has 60 valence electrons. The third-order valence-corrected chi connectivity index (χ3v) is 6.88. The summed E-state index contributed by atoms with van der Waals surface area (Å²) in [4.78, 5) is 0. The van der Waals surface area contributed by atoms with Crippen LogP contribution < -0.4 is 0 Å². The van der Waals surface area contributed by atoms with Gasteiger partial charge in [-0.1, -0.05) is 19.6 Å². The molecule has 0 fully saturated rings. The minimum atomic E-state index is -1.15. The molecule has 0 saturated carbocycles. The topological polar surface area (TPSA) is 3.24 Å². The van der Waals surface area contributed by atoms with E-state index in [1.165, 1.54) is 0 Å². The Labute approximate surface area is 76.7 Å². The van der Waals surface area contributed by atoms with Crippen molar-refractivity contribution in [2.75, 3.05) is 7.05 Å². The van der Waals surface area contributed by atoms with Gasteiger partial charge in [0.05, 0.1) is 0 Å². The van der Waals surface area contributed by atoms with Crippen molar-refractivity contribution in [2.45, 2.75) is 24.1 Å². The molecule has 5 heteroatoms. The molecule has 0 aliphatic heterocycles. The van der Waals surface area contributed by atoms with E-state index in [0.717, 1.165) is 0 Å². The summed E-state index contributed by atoms with van der Waals surface area (Å²) < 4.78 is 2.06. The average Bonchev–Trinajstić information content (AvgIpc) is 1.60. The van der Waals surface area contributed by atoms with Gasteiger partial charge in [0.2, 0.25) is 0 Å². The molecule has 0 heterocycles. The zero-order chi connectivity index (χ0) is 8.36. The molecule has 0 N–H and O–H groups in total. The Hall–Kier alpha value is 0.974. The van der Waals surface area contributed by atoms with E-state index in [2.05, 4.69) is 30.9 Å². The number of hydrogen-bond acceptors (Lipinski definition) is 1. The largest absolute Gasteiger partial charge is 0.348 e. The van der Waals surface area contributed by atoms with Gasteiger partial charge < -0.3 is 4.23 Å². The predicted molar refractivity (Wildman–Crippen MR) is 52.4 cm³/mol. The monoisotopic (exact) mass is 213 g/mol. The molecule has 0 aliphatic rings. The second-order valence-electron chi connectivity index (χ2n) is 3.16. The van der Waals surface area contributed by atoms with Crippen LogP contribution in [0, 0.1) is 0 Å². The smallest absolute Gasteiger partial charge is 0.175 e. The Morgan fingerprint density at radius 2 is 1.70 bits per heavy atom. The van der Waals surface area contributed by atoms with Crippen molar-refractivity contribution in [3.63, 3.8) is 0 Å². The quantitative estimate of drug-likeness (QED) is 0.514. The molecule has 2 radical (unpaired) electrons. The van der Waals surface area contributed by atoms with Gasteiger partial charge in [-0.05, 0) is 7.05 Å². The lowest BCUT2D eigenvalue weighted by molar-refractivity contribution is 0.799. The Bertz CT molecular complexity index is 102. The van der Waals surface area contributed by atoms with E-state index < -0.39 is 8.24 Å². The molecule has 0 atom stereocenters. The summed E-state index contributed by atoms with van der Waals surface area (Å²) in [5, 5.41) is 0. The van der Waals surface area contributed by atoms with Crippen molar-refractivity contribution >= 4 is 41.1 Å². The lowest BCUT2D eigenvalue weighted by Crippen LogP contribution is -2.47. The highest BCUT2D eigenvalue weighted by Crippen LogP contribution is 2.09. The van der Waals surface area contributed by atoms with E-state index in [1.807, 2.05) is 0 Å². The predicted octanol–water partition coefficient (Wildman–Crippen LogP) is 2.13. The van der Waals surface area contributed by atoms with Gasteiger partial charge in [0, 0.05) is 0 Å². The van der Waals surface area contributed by atoms with Crippen molar-refractivity contribution in [1.82, 2.24) is 4.23 Å². The highest BCUT2D eigenvalue weighted by molar-refractivity contribution is 6.82. The van der Waals surface area contributed by atoms with Gasteiger partial charge in [-0.2, -0.15) is 0 Å². The fourth-order valence-electron chi connectivity index (χ4n) is 0.340. The van der Waals surface area contributed by atoms with Gasteiger partial charge in [-0.15, -0.1) is 23.2 Å². The molecule has 0 unspecified atom stereocenters. The minimum Gasteiger partial charge on any atom is -0.348 e. The van der Waals surface area contributed by atoms with Gasteiger partial charge in [-0.25, -0.2) is 0 Å². The zero-order valence-electron chi connectivity index (χ0n) is 6.78. The molecule has 0 amide bonds. The van der Waals surface area contributed by atoms with Crippen LogP contribution >= 0.6 is 23.2 Å². The fourth-order valence-corrected chi connectivity index (χ4v) is 3.94. The standard InChI is InChI=1S/C5H13Cl2NSi2/c1-8(9-5(6)7)10(2,3)4/h5H,1-4H3. The lowest BCUT2D eigenvalue weighted by atomic mass is 11.6. The van der Waals surface area contributed by atoms with Gasteiger partial charge in [-0.3, -0.25) is 0 Å². The summed E-state index contributed by atoms with van der Waals surface area (Å²) in [6, 6.07) is 0. The van der Waals surface area contributed by atoms with E-state index in [1.54, 1.807) is 0 Å². The van der Waals surface area contributed by atoms with Crippen LogP contribution in [0.1, 0.15) is 0 Å². The van der Waals surface area contributed by atoms with Crippen LogP contribution in [0.5, 0.6) is 0 Å². The summed E-state index contributed by atoms with van der Waals surface area (Å²) >= 11 is 11.3. The fraction of sp³-hybridized carbons (Fsp3) is 1.00. The number of alkyl halides is 2. The Kier molecular flexibility index (Phi) is 4.51. The highest BCUT2D eigenvalue weighted by atomic mass is 35.5. The first-order chi connectivity index (χ1) is 4.34. The maximum absolute atomic E-state index is 5.64. The van der Waals surface area contributed by atoms with Crippen LogP contribution in [0.4, 0.5) is 0 Å². The Morgan fingerprint density at radius 3 is 1.80 bits per heavy atom. The summed E-state index contributed by atoms with van der Waals surface area (Å²) in [6.07, 6.45) is 0. The molecule has 0 rings (SSSR count). The number of nitrogens with zero attached hydrogens (tertiary/aromatic N) is 1. The second-order valence-corrected chi connectivity index (χ2v) is 12.0. The number of halogens is 2. The van der Waals surface area contributed by atoms with Crippen molar-refractivity contribution in [3.05, 3.63) is 0 Å². The minimum absolute atomic E-state index is 0.225. The van der Waals surface area contributed by atoms with E-state index in [-0.39, 0.29) is 4.46 Å². The molecule has 0 bridgehead atoms. The summed E-state index contributed by atoms with van der Waals surface area (Å²) in [5.41, 5.74) is 0. The van der Waals surface area contributed by atoms with Crippen molar-refractivity contribution < 1.29 is 0 Å². The number of hydrogen-bond donors (Lipinski definition) is 0. The van der Waals surface area contributed by atoms with Gasteiger partial charge in [0.15, 0.2) is 9.68 Å². The molecule has 10 heavy (non-hydrogen) atoms. The first-order valence-electron chi connectivity index (χ1n) is 3.12. The molecule has 0 aliphatic carbocycles. The average molecular weight is 214 g/mol. The lowest BCUT2D eigenvalue weighted by Gasteiger charge is -2.29. The van der Waals surface area contributed by atoms with E-state index in [4.69, 9.17) is 23.2 Å². The third-order valence-electron chi connectivity index (χ3n) is 1.30. The normalized spacial score (nSPS) is 13.2. The molecule has 0 aromatic rings. The molecule has 0 spiro atoms. The Morgan fingerprint density at radius 1 is 1.30 bits per heavy atom. The third kappa shape index (κ3) is 4.74. The molecule has 1 nitrogen and oxygen atoms in total. The molecular weight excluding hydrogens is 201 g/mol. The Balaban J connectivity index is 3.73. The molecule has 0 aromatic heterocycles. The van der Waals surface area contributed by atoms with E-state index in [0.29, 0.717) is 9.68 Å². The summed E-state index contributed by atoms with van der Waals surface area (Å²) in [6.45, 7) is 6.82. The first-order valence-corrected chi connectivity index (χ1v) is 8.46. The van der Waals surface area contributed by atoms with Crippen LogP contribution in [0.2, 0.25) is 19.6 Å².